The third kappa shape index (κ3) is 3.73. The van der Waals surface area contributed by atoms with Crippen molar-refractivity contribution in [3.8, 4) is 0 Å². The van der Waals surface area contributed by atoms with Gasteiger partial charge in [0.25, 0.3) is 0 Å². The monoisotopic (exact) mass is 229 g/mol. The molecule has 0 aromatic rings. The van der Waals surface area contributed by atoms with Crippen LogP contribution in [0.1, 0.15) is 13.3 Å². The molecule has 94 valence electrons. The largest absolute Gasteiger partial charge is 0.480 e. The Morgan fingerprint density at radius 1 is 1.38 bits per heavy atom. The topological polar surface area (TPSA) is 55.8 Å². The van der Waals surface area contributed by atoms with Gasteiger partial charge in [-0.25, -0.2) is 0 Å². The predicted molar refractivity (Wildman–Crippen MR) is 63.7 cm³/mol. The minimum atomic E-state index is -0.694. The van der Waals surface area contributed by atoms with Crippen LogP contribution in [0.25, 0.3) is 0 Å². The average molecular weight is 229 g/mol. The lowest BCUT2D eigenvalue weighted by molar-refractivity contribution is -0.144. The van der Waals surface area contributed by atoms with Crippen molar-refractivity contribution < 1.29 is 9.90 Å². The molecule has 1 heterocycles. The first-order chi connectivity index (χ1) is 7.69. The first kappa shape index (κ1) is 13.4. The lowest BCUT2D eigenvalue weighted by Gasteiger charge is -2.37. The summed E-state index contributed by atoms with van der Waals surface area (Å²) in [5.41, 5.74) is 0. The zero-order chi connectivity index (χ0) is 12.0. The number of likely N-dealkylation sites (N-methyl/N-ethyl adjacent to an activating group) is 1. The van der Waals surface area contributed by atoms with Gasteiger partial charge >= 0.3 is 5.97 Å². The molecule has 0 radical (unpaired) electrons. The number of carboxylic acids is 1. The maximum absolute atomic E-state index is 11.2. The number of hydrogen-bond donors (Lipinski definition) is 2. The molecule has 0 amide bonds. The summed E-state index contributed by atoms with van der Waals surface area (Å²) in [5.74, 6) is -0.694. The van der Waals surface area contributed by atoms with Gasteiger partial charge in [-0.15, -0.1) is 0 Å². The predicted octanol–water partition coefficient (Wildman–Crippen LogP) is -0.313. The summed E-state index contributed by atoms with van der Waals surface area (Å²) >= 11 is 0. The lowest BCUT2D eigenvalue weighted by atomic mass is 10.1. The summed E-state index contributed by atoms with van der Waals surface area (Å²) in [4.78, 5) is 15.6. The van der Waals surface area contributed by atoms with Gasteiger partial charge in [0.05, 0.1) is 0 Å². The van der Waals surface area contributed by atoms with Crippen LogP contribution in [0, 0.1) is 0 Å². The second-order valence-corrected chi connectivity index (χ2v) is 4.22. The maximum Gasteiger partial charge on any atom is 0.320 e. The van der Waals surface area contributed by atoms with Crippen molar-refractivity contribution in [2.45, 2.75) is 19.4 Å². The van der Waals surface area contributed by atoms with Gasteiger partial charge in [-0.3, -0.25) is 9.69 Å². The first-order valence-electron chi connectivity index (χ1n) is 6.02. The summed E-state index contributed by atoms with van der Waals surface area (Å²) in [6, 6.07) is -0.327. The quantitative estimate of drug-likeness (QED) is 0.654. The molecule has 0 aromatic heterocycles. The van der Waals surface area contributed by atoms with Gasteiger partial charge in [-0.1, -0.05) is 6.92 Å². The number of hydrogen-bond acceptors (Lipinski definition) is 4. The van der Waals surface area contributed by atoms with E-state index >= 15 is 0 Å². The number of carboxylic acid groups (broad SMARTS) is 1. The minimum absolute atomic E-state index is 0.327. The van der Waals surface area contributed by atoms with E-state index in [9.17, 15) is 9.90 Å². The van der Waals surface area contributed by atoms with Gasteiger partial charge in [0.1, 0.15) is 6.04 Å². The summed E-state index contributed by atoms with van der Waals surface area (Å²) in [6.45, 7) is 7.67. The third-order valence-electron chi connectivity index (χ3n) is 3.25. The molecule has 0 aromatic carbocycles. The van der Waals surface area contributed by atoms with E-state index in [1.54, 1.807) is 0 Å². The highest BCUT2D eigenvalue weighted by molar-refractivity contribution is 5.73. The van der Waals surface area contributed by atoms with E-state index < -0.39 is 5.97 Å². The molecule has 0 bridgehead atoms. The molecule has 0 spiro atoms. The zero-order valence-corrected chi connectivity index (χ0v) is 10.3. The molecule has 2 N–H and O–H groups in total. The standard InChI is InChI=1S/C11H23N3O2/c1-3-13-6-8-14(9-7-13)10(11(15)16)4-5-12-2/h10,12H,3-9H2,1-2H3,(H,15,16). The van der Waals surface area contributed by atoms with E-state index in [0.29, 0.717) is 6.42 Å². The van der Waals surface area contributed by atoms with Crippen LogP contribution in [0.15, 0.2) is 0 Å². The molecule has 1 aliphatic heterocycles. The fourth-order valence-electron chi connectivity index (χ4n) is 2.13. The maximum atomic E-state index is 11.2. The Hall–Kier alpha value is -0.650. The van der Waals surface area contributed by atoms with Gasteiger partial charge < -0.3 is 15.3 Å². The van der Waals surface area contributed by atoms with Crippen molar-refractivity contribution in [2.24, 2.45) is 0 Å². The van der Waals surface area contributed by atoms with Crippen LogP contribution < -0.4 is 5.32 Å². The Labute approximate surface area is 97.4 Å². The highest BCUT2D eigenvalue weighted by atomic mass is 16.4. The average Bonchev–Trinajstić information content (AvgIpc) is 2.30. The first-order valence-corrected chi connectivity index (χ1v) is 6.02. The summed E-state index contributed by atoms with van der Waals surface area (Å²) in [6.07, 6.45) is 0.679. The lowest BCUT2D eigenvalue weighted by Crippen LogP contribution is -2.53. The van der Waals surface area contributed by atoms with E-state index in [0.717, 1.165) is 39.3 Å². The van der Waals surface area contributed by atoms with Crippen LogP contribution in [-0.2, 0) is 4.79 Å². The highest BCUT2D eigenvalue weighted by Crippen LogP contribution is 2.09. The van der Waals surface area contributed by atoms with Crippen LogP contribution in [0.3, 0.4) is 0 Å². The van der Waals surface area contributed by atoms with Gasteiger partial charge in [0.2, 0.25) is 0 Å². The summed E-state index contributed by atoms with van der Waals surface area (Å²) in [7, 11) is 1.86. The fourth-order valence-corrected chi connectivity index (χ4v) is 2.13. The number of piperazine rings is 1. The van der Waals surface area contributed by atoms with Crippen LogP contribution in [-0.4, -0.2) is 73.2 Å². The Balaban J connectivity index is 2.43. The molecule has 0 saturated carbocycles. The van der Waals surface area contributed by atoms with E-state index in [-0.39, 0.29) is 6.04 Å². The summed E-state index contributed by atoms with van der Waals surface area (Å²) < 4.78 is 0. The van der Waals surface area contributed by atoms with Crippen LogP contribution in [0.2, 0.25) is 0 Å². The second-order valence-electron chi connectivity index (χ2n) is 4.22. The van der Waals surface area contributed by atoms with Gasteiger partial charge in [-0.05, 0) is 26.6 Å². The molecule has 1 aliphatic rings. The molecule has 5 nitrogen and oxygen atoms in total. The van der Waals surface area contributed by atoms with Gasteiger partial charge in [0.15, 0.2) is 0 Å². The van der Waals surface area contributed by atoms with Gasteiger partial charge in [-0.2, -0.15) is 0 Å². The van der Waals surface area contributed by atoms with E-state index in [1.807, 2.05) is 7.05 Å². The molecule has 1 rings (SSSR count). The van der Waals surface area contributed by atoms with Crippen LogP contribution >= 0.6 is 0 Å². The molecule has 1 unspecified atom stereocenters. The molecule has 0 aliphatic carbocycles. The van der Waals surface area contributed by atoms with Crippen molar-refractivity contribution in [3.63, 3.8) is 0 Å². The van der Waals surface area contributed by atoms with Crippen LogP contribution in [0.4, 0.5) is 0 Å². The molecule has 1 atom stereocenters. The number of nitrogens with one attached hydrogen (secondary N) is 1. The minimum Gasteiger partial charge on any atom is -0.480 e. The smallest absolute Gasteiger partial charge is 0.320 e. The summed E-state index contributed by atoms with van der Waals surface area (Å²) in [5, 5.41) is 12.2. The Morgan fingerprint density at radius 3 is 2.44 bits per heavy atom. The van der Waals surface area contributed by atoms with Crippen molar-refractivity contribution in [1.29, 1.82) is 0 Å². The number of aliphatic carboxylic acids is 1. The van der Waals surface area contributed by atoms with Crippen molar-refractivity contribution in [3.05, 3.63) is 0 Å². The second kappa shape index (κ2) is 6.83. The molecule has 5 heteroatoms. The Kier molecular flexibility index (Phi) is 5.73. The van der Waals surface area contributed by atoms with Gasteiger partial charge in [0, 0.05) is 26.2 Å². The Morgan fingerprint density at radius 2 is 2.00 bits per heavy atom. The number of nitrogens with zero attached hydrogens (tertiary/aromatic N) is 2. The van der Waals surface area contributed by atoms with E-state index in [1.165, 1.54) is 0 Å². The Bertz CT molecular complexity index is 215. The van der Waals surface area contributed by atoms with Crippen LogP contribution in [0.5, 0.6) is 0 Å². The van der Waals surface area contributed by atoms with Crippen molar-refractivity contribution in [2.75, 3.05) is 46.3 Å². The zero-order valence-electron chi connectivity index (χ0n) is 10.3. The van der Waals surface area contributed by atoms with E-state index in [4.69, 9.17) is 0 Å². The normalized spacial score (nSPS) is 20.9. The molecular formula is C11H23N3O2. The number of carbonyl (C=O) groups is 1. The molecular weight excluding hydrogens is 206 g/mol. The number of rotatable bonds is 6. The molecule has 1 saturated heterocycles. The third-order valence-corrected chi connectivity index (χ3v) is 3.25. The van der Waals surface area contributed by atoms with E-state index in [2.05, 4.69) is 22.0 Å². The molecule has 1 fully saturated rings. The van der Waals surface area contributed by atoms with Crippen molar-refractivity contribution >= 4 is 5.97 Å². The fraction of sp³-hybridized carbons (Fsp3) is 0.909. The SMILES string of the molecule is CCN1CCN(C(CCNC)C(=O)O)CC1. The molecule has 16 heavy (non-hydrogen) atoms. The highest BCUT2D eigenvalue weighted by Gasteiger charge is 2.27. The van der Waals surface area contributed by atoms with Crippen molar-refractivity contribution in [1.82, 2.24) is 15.1 Å².